The fraction of sp³-hybridized carbons (Fsp3) is 0.333. The SMILES string of the molecule is COc1cc(C(=O)C(F)F)cc(C)n1. The molecular formula is C9H9F2NO2. The number of methoxy groups -OCH3 is 1. The largest absolute Gasteiger partial charge is 0.481 e. The first-order chi connectivity index (χ1) is 6.54. The number of hydrogen-bond donors (Lipinski definition) is 0. The van der Waals surface area contributed by atoms with Crippen LogP contribution in [-0.4, -0.2) is 24.3 Å². The van der Waals surface area contributed by atoms with Crippen LogP contribution in [0.25, 0.3) is 0 Å². The van der Waals surface area contributed by atoms with Crippen molar-refractivity contribution in [2.45, 2.75) is 13.3 Å². The summed E-state index contributed by atoms with van der Waals surface area (Å²) in [5.41, 5.74) is 0.387. The molecule has 1 aromatic rings. The number of aryl methyl sites for hydroxylation is 1. The molecule has 0 aliphatic rings. The lowest BCUT2D eigenvalue weighted by atomic mass is 10.1. The Hall–Kier alpha value is -1.52. The molecule has 0 saturated heterocycles. The summed E-state index contributed by atoms with van der Waals surface area (Å²) in [6.07, 6.45) is -3.00. The van der Waals surface area contributed by atoms with E-state index in [1.165, 1.54) is 19.2 Å². The van der Waals surface area contributed by atoms with Gasteiger partial charge in [0, 0.05) is 17.3 Å². The molecule has 0 unspecified atom stereocenters. The van der Waals surface area contributed by atoms with Crippen molar-refractivity contribution in [3.05, 3.63) is 23.4 Å². The number of pyridine rings is 1. The van der Waals surface area contributed by atoms with E-state index in [0.29, 0.717) is 5.69 Å². The number of ketones is 1. The Kier molecular flexibility index (Phi) is 3.11. The summed E-state index contributed by atoms with van der Waals surface area (Å²) in [4.78, 5) is 14.8. The highest BCUT2D eigenvalue weighted by molar-refractivity contribution is 5.98. The van der Waals surface area contributed by atoms with Crippen LogP contribution in [-0.2, 0) is 0 Å². The molecule has 0 aromatic carbocycles. The van der Waals surface area contributed by atoms with Gasteiger partial charge in [0.25, 0.3) is 0 Å². The van der Waals surface area contributed by atoms with E-state index in [1.54, 1.807) is 6.92 Å². The van der Waals surface area contributed by atoms with Crippen LogP contribution in [0.2, 0.25) is 0 Å². The Labute approximate surface area is 79.7 Å². The van der Waals surface area contributed by atoms with E-state index in [9.17, 15) is 13.6 Å². The van der Waals surface area contributed by atoms with Crippen molar-refractivity contribution in [1.82, 2.24) is 4.98 Å². The minimum atomic E-state index is -3.00. The fourth-order valence-corrected chi connectivity index (χ4v) is 1.01. The molecule has 0 aliphatic heterocycles. The summed E-state index contributed by atoms with van der Waals surface area (Å²) in [7, 11) is 1.36. The van der Waals surface area contributed by atoms with Gasteiger partial charge in [0.1, 0.15) is 0 Å². The smallest absolute Gasteiger partial charge is 0.300 e. The second kappa shape index (κ2) is 4.13. The number of Topliss-reactive ketones (excluding diaryl/α,β-unsaturated/α-hetero) is 1. The summed E-state index contributed by atoms with van der Waals surface area (Å²) >= 11 is 0. The molecule has 0 radical (unpaired) electrons. The number of alkyl halides is 2. The molecule has 5 heteroatoms. The number of aromatic nitrogens is 1. The predicted molar refractivity (Wildman–Crippen MR) is 45.9 cm³/mol. The molecule has 1 heterocycles. The standard InChI is InChI=1S/C9H9F2NO2/c1-5-3-6(8(13)9(10)11)4-7(12-5)14-2/h3-4,9H,1-2H3. The van der Waals surface area contributed by atoms with E-state index in [2.05, 4.69) is 4.98 Å². The van der Waals surface area contributed by atoms with Gasteiger partial charge in [0.15, 0.2) is 0 Å². The van der Waals surface area contributed by atoms with Gasteiger partial charge in [0.2, 0.25) is 11.7 Å². The second-order valence-electron chi connectivity index (χ2n) is 2.70. The van der Waals surface area contributed by atoms with Crippen LogP contribution in [0, 0.1) is 6.92 Å². The summed E-state index contributed by atoms with van der Waals surface area (Å²) in [6, 6.07) is 2.50. The summed E-state index contributed by atoms with van der Waals surface area (Å²) in [5, 5.41) is 0. The zero-order chi connectivity index (χ0) is 10.7. The average Bonchev–Trinajstić information content (AvgIpc) is 2.15. The van der Waals surface area contributed by atoms with Crippen LogP contribution in [0.1, 0.15) is 16.1 Å². The van der Waals surface area contributed by atoms with Gasteiger partial charge in [-0.1, -0.05) is 0 Å². The molecule has 0 bridgehead atoms. The van der Waals surface area contributed by atoms with E-state index < -0.39 is 12.2 Å². The van der Waals surface area contributed by atoms with E-state index >= 15 is 0 Å². The number of carbonyl (C=O) groups excluding carboxylic acids is 1. The Morgan fingerprint density at radius 3 is 2.64 bits per heavy atom. The van der Waals surface area contributed by atoms with Crippen LogP contribution in [0.3, 0.4) is 0 Å². The maximum atomic E-state index is 12.1. The van der Waals surface area contributed by atoms with Crippen molar-refractivity contribution in [3.8, 4) is 5.88 Å². The zero-order valence-corrected chi connectivity index (χ0v) is 7.75. The van der Waals surface area contributed by atoms with E-state index in [-0.39, 0.29) is 11.4 Å². The van der Waals surface area contributed by atoms with Gasteiger partial charge in [0.05, 0.1) is 7.11 Å². The minimum Gasteiger partial charge on any atom is -0.481 e. The lowest BCUT2D eigenvalue weighted by Crippen LogP contribution is -2.11. The number of rotatable bonds is 3. The third-order valence-corrected chi connectivity index (χ3v) is 1.62. The average molecular weight is 201 g/mol. The topological polar surface area (TPSA) is 39.2 Å². The second-order valence-corrected chi connectivity index (χ2v) is 2.70. The highest BCUT2D eigenvalue weighted by Gasteiger charge is 2.18. The highest BCUT2D eigenvalue weighted by atomic mass is 19.3. The summed E-state index contributed by atoms with van der Waals surface area (Å²) in [5.74, 6) is -1.05. The van der Waals surface area contributed by atoms with Gasteiger partial charge in [-0.3, -0.25) is 4.79 Å². The quantitative estimate of drug-likeness (QED) is 0.700. The van der Waals surface area contributed by atoms with Gasteiger partial charge in [-0.15, -0.1) is 0 Å². The number of hydrogen-bond acceptors (Lipinski definition) is 3. The lowest BCUT2D eigenvalue weighted by molar-refractivity contribution is 0.0678. The van der Waals surface area contributed by atoms with Gasteiger partial charge in [-0.25, -0.2) is 13.8 Å². The minimum absolute atomic E-state index is 0.0793. The van der Waals surface area contributed by atoms with Gasteiger partial charge in [-0.05, 0) is 13.0 Å². The molecule has 0 aliphatic carbocycles. The Morgan fingerprint density at radius 2 is 2.14 bits per heavy atom. The maximum Gasteiger partial charge on any atom is 0.300 e. The van der Waals surface area contributed by atoms with Crippen molar-refractivity contribution in [1.29, 1.82) is 0 Å². The third-order valence-electron chi connectivity index (χ3n) is 1.62. The van der Waals surface area contributed by atoms with Gasteiger partial charge in [-0.2, -0.15) is 0 Å². The fourth-order valence-electron chi connectivity index (χ4n) is 1.01. The van der Waals surface area contributed by atoms with Crippen molar-refractivity contribution in [2.24, 2.45) is 0 Å². The Morgan fingerprint density at radius 1 is 1.50 bits per heavy atom. The van der Waals surface area contributed by atoms with Crippen molar-refractivity contribution in [2.75, 3.05) is 7.11 Å². The molecular weight excluding hydrogens is 192 g/mol. The third kappa shape index (κ3) is 2.25. The van der Waals surface area contributed by atoms with Crippen molar-refractivity contribution in [3.63, 3.8) is 0 Å². The molecule has 0 amide bonds. The van der Waals surface area contributed by atoms with Crippen LogP contribution >= 0.6 is 0 Å². The lowest BCUT2D eigenvalue weighted by Gasteiger charge is -2.04. The molecule has 0 N–H and O–H groups in total. The number of nitrogens with zero attached hydrogens (tertiary/aromatic N) is 1. The molecule has 14 heavy (non-hydrogen) atoms. The van der Waals surface area contributed by atoms with E-state index in [0.717, 1.165) is 0 Å². The van der Waals surface area contributed by atoms with Crippen LogP contribution in [0.15, 0.2) is 12.1 Å². The van der Waals surface area contributed by atoms with Crippen LogP contribution in [0.4, 0.5) is 8.78 Å². The predicted octanol–water partition coefficient (Wildman–Crippen LogP) is 1.85. The molecule has 0 spiro atoms. The molecule has 76 valence electrons. The number of halogens is 2. The Bertz CT molecular complexity index is 353. The van der Waals surface area contributed by atoms with E-state index in [4.69, 9.17) is 4.74 Å². The molecule has 0 atom stereocenters. The van der Waals surface area contributed by atoms with Crippen molar-refractivity contribution >= 4 is 5.78 Å². The number of carbonyl (C=O) groups is 1. The Balaban J connectivity index is 3.09. The van der Waals surface area contributed by atoms with Gasteiger partial charge >= 0.3 is 6.43 Å². The molecule has 0 saturated carbocycles. The van der Waals surface area contributed by atoms with Crippen molar-refractivity contribution < 1.29 is 18.3 Å². The number of ether oxygens (including phenoxy) is 1. The normalized spacial score (nSPS) is 10.4. The zero-order valence-electron chi connectivity index (χ0n) is 7.75. The molecule has 3 nitrogen and oxygen atoms in total. The van der Waals surface area contributed by atoms with E-state index in [1.807, 2.05) is 0 Å². The van der Waals surface area contributed by atoms with Crippen LogP contribution in [0.5, 0.6) is 5.88 Å². The first kappa shape index (κ1) is 10.6. The summed E-state index contributed by atoms with van der Waals surface area (Å²) in [6.45, 7) is 1.60. The van der Waals surface area contributed by atoms with Gasteiger partial charge < -0.3 is 4.74 Å². The highest BCUT2D eigenvalue weighted by Crippen LogP contribution is 2.14. The molecule has 0 fully saturated rings. The summed E-state index contributed by atoms with van der Waals surface area (Å²) < 4.78 is 28.9. The van der Waals surface area contributed by atoms with Crippen LogP contribution < -0.4 is 4.74 Å². The maximum absolute atomic E-state index is 12.1. The first-order valence-electron chi connectivity index (χ1n) is 3.89. The molecule has 1 rings (SSSR count). The molecule has 1 aromatic heterocycles. The first-order valence-corrected chi connectivity index (χ1v) is 3.89. The monoisotopic (exact) mass is 201 g/mol.